The molecule has 0 unspecified atom stereocenters. The number of nitrogens with two attached hydrogens (primary N) is 1. The van der Waals surface area contributed by atoms with Crippen LogP contribution in [0.3, 0.4) is 0 Å². The van der Waals surface area contributed by atoms with Gasteiger partial charge in [0.1, 0.15) is 16.5 Å². The van der Waals surface area contributed by atoms with E-state index in [9.17, 15) is 12.8 Å². The van der Waals surface area contributed by atoms with E-state index in [0.29, 0.717) is 11.6 Å². The number of halogens is 1. The average molecular weight is 328 g/mol. The Balaban J connectivity index is 2.21. The number of hydrogen-bond acceptors (Lipinski definition) is 3. The molecule has 1 aromatic rings. The summed E-state index contributed by atoms with van der Waals surface area (Å²) in [6.45, 7) is 2.18. The minimum absolute atomic E-state index is 0.0524. The molecule has 1 aliphatic carbocycles. The van der Waals surface area contributed by atoms with Crippen LogP contribution in [-0.2, 0) is 10.0 Å². The fourth-order valence-electron chi connectivity index (χ4n) is 1.84. The zero-order valence-corrected chi connectivity index (χ0v) is 13.0. The molecule has 0 aliphatic heterocycles. The minimum Gasteiger partial charge on any atom is -0.597 e. The molecule has 1 fully saturated rings. The summed E-state index contributed by atoms with van der Waals surface area (Å²) < 4.78 is 41.3. The highest BCUT2D eigenvalue weighted by Crippen LogP contribution is 2.29. The first kappa shape index (κ1) is 16.3. The third kappa shape index (κ3) is 4.45. The molecule has 5 N–H and O–H groups in total. The van der Waals surface area contributed by atoms with E-state index in [2.05, 4.69) is 9.71 Å². The van der Waals surface area contributed by atoms with Gasteiger partial charge in [0.05, 0.1) is 6.08 Å². The highest BCUT2D eigenvalue weighted by atomic mass is 32.2. The Labute approximate surface area is 128 Å². The quantitative estimate of drug-likeness (QED) is 0.355. The molecular weight excluding hydrogens is 309 g/mol. The Hall–Kier alpha value is -2.09. The predicted octanol–water partition coefficient (Wildman–Crippen LogP) is 1.32. The Morgan fingerprint density at radius 1 is 1.55 bits per heavy atom. The number of anilines is 1. The van der Waals surface area contributed by atoms with Gasteiger partial charge in [-0.05, 0) is 37.0 Å². The van der Waals surface area contributed by atoms with Gasteiger partial charge in [-0.15, -0.1) is 4.40 Å². The molecule has 0 radical (unpaired) electrons. The summed E-state index contributed by atoms with van der Waals surface area (Å²) in [5, 5.41) is 10.3. The first-order chi connectivity index (χ1) is 10.3. The lowest BCUT2D eigenvalue weighted by Gasteiger charge is -2.07. The molecule has 22 heavy (non-hydrogen) atoms. The topological polar surface area (TPSA) is 107 Å². The molecule has 1 aliphatic rings. The zero-order chi connectivity index (χ0) is 16.3. The fraction of sp³-hybridized carbons (Fsp3) is 0.357. The summed E-state index contributed by atoms with van der Waals surface area (Å²) in [6.07, 6.45) is 3.42. The van der Waals surface area contributed by atoms with Crippen molar-refractivity contribution >= 4 is 21.5 Å². The molecule has 0 spiro atoms. The number of nitrogens with zero attached hydrogens (tertiary/aromatic N) is 1. The maximum absolute atomic E-state index is 14.0. The van der Waals surface area contributed by atoms with Crippen LogP contribution in [0, 0.1) is 11.7 Å². The molecule has 1 saturated carbocycles. The molecule has 0 bridgehead atoms. The van der Waals surface area contributed by atoms with Gasteiger partial charge in [-0.3, -0.25) is 0 Å². The van der Waals surface area contributed by atoms with Crippen molar-refractivity contribution in [3.8, 4) is 0 Å². The summed E-state index contributed by atoms with van der Waals surface area (Å²) in [4.78, 5) is -0.538. The second kappa shape index (κ2) is 6.35. The Bertz CT molecular complexity index is 721. The van der Waals surface area contributed by atoms with E-state index >= 15 is 0 Å². The zero-order valence-electron chi connectivity index (χ0n) is 12.1. The van der Waals surface area contributed by atoms with Gasteiger partial charge in [0.2, 0.25) is 5.76 Å². The van der Waals surface area contributed by atoms with Gasteiger partial charge in [0, 0.05) is 19.2 Å². The Morgan fingerprint density at radius 3 is 2.77 bits per heavy atom. The summed E-state index contributed by atoms with van der Waals surface area (Å²) in [5.74, 6) is -0.570. The van der Waals surface area contributed by atoms with Crippen molar-refractivity contribution in [2.75, 3.05) is 11.9 Å². The molecule has 0 amide bonds. The molecule has 1 aromatic carbocycles. The molecular formula is C14H19FN3O3S+. The number of rotatable bonds is 6. The Morgan fingerprint density at radius 2 is 2.23 bits per heavy atom. The fourth-order valence-corrected chi connectivity index (χ4v) is 2.81. The summed E-state index contributed by atoms with van der Waals surface area (Å²) in [6, 6.07) is 3.79. The molecule has 0 atom stereocenters. The number of nitrogens with one attached hydrogen (secondary N) is 1. The van der Waals surface area contributed by atoms with Crippen molar-refractivity contribution < 1.29 is 17.9 Å². The van der Waals surface area contributed by atoms with Gasteiger partial charge in [-0.25, -0.2) is 4.39 Å². The SMILES string of the molecule is C/C([OH2+])=C/C(N)=NS(=O)(=O)c1ccc(NCC2CC2)cc1F. The smallest absolute Gasteiger partial charge is 0.287 e. The highest BCUT2D eigenvalue weighted by molar-refractivity contribution is 7.90. The van der Waals surface area contributed by atoms with E-state index < -0.39 is 20.7 Å². The number of allylic oxidation sites excluding steroid dienone is 1. The van der Waals surface area contributed by atoms with Crippen LogP contribution in [0.15, 0.2) is 39.3 Å². The number of hydrogen-bond donors (Lipinski definition) is 2. The van der Waals surface area contributed by atoms with E-state index in [4.69, 9.17) is 10.8 Å². The van der Waals surface area contributed by atoms with Crippen LogP contribution in [0.1, 0.15) is 19.8 Å². The second-order valence-electron chi connectivity index (χ2n) is 5.29. The largest absolute Gasteiger partial charge is 0.597 e. The van der Waals surface area contributed by atoms with Crippen molar-refractivity contribution in [1.29, 1.82) is 0 Å². The highest BCUT2D eigenvalue weighted by Gasteiger charge is 2.22. The second-order valence-corrected chi connectivity index (χ2v) is 6.86. The molecule has 8 heteroatoms. The van der Waals surface area contributed by atoms with Gasteiger partial charge in [-0.1, -0.05) is 0 Å². The molecule has 120 valence electrons. The lowest BCUT2D eigenvalue weighted by atomic mass is 10.3. The number of sulfonamides is 1. The molecule has 0 heterocycles. The summed E-state index contributed by atoms with van der Waals surface area (Å²) in [5.41, 5.74) is 5.94. The third-order valence-corrected chi connectivity index (χ3v) is 4.43. The van der Waals surface area contributed by atoms with E-state index in [1.54, 1.807) is 0 Å². The molecule has 0 saturated heterocycles. The van der Waals surface area contributed by atoms with Gasteiger partial charge in [0.15, 0.2) is 0 Å². The van der Waals surface area contributed by atoms with Crippen LogP contribution >= 0.6 is 0 Å². The van der Waals surface area contributed by atoms with Crippen molar-refractivity contribution in [3.05, 3.63) is 35.9 Å². The lowest BCUT2D eigenvalue weighted by molar-refractivity contribution is 0.415. The van der Waals surface area contributed by atoms with Gasteiger partial charge in [-0.2, -0.15) is 8.42 Å². The third-order valence-electron chi connectivity index (χ3n) is 3.09. The minimum atomic E-state index is -4.24. The number of benzene rings is 1. The van der Waals surface area contributed by atoms with Gasteiger partial charge < -0.3 is 16.2 Å². The molecule has 6 nitrogen and oxygen atoms in total. The van der Waals surface area contributed by atoms with Crippen molar-refractivity contribution in [1.82, 2.24) is 0 Å². The van der Waals surface area contributed by atoms with E-state index in [-0.39, 0.29) is 11.6 Å². The average Bonchev–Trinajstić information content (AvgIpc) is 3.18. The van der Waals surface area contributed by atoms with Crippen molar-refractivity contribution in [2.45, 2.75) is 24.7 Å². The molecule has 0 aromatic heterocycles. The maximum Gasteiger partial charge on any atom is 0.287 e. The van der Waals surface area contributed by atoms with Gasteiger partial charge >= 0.3 is 0 Å². The first-order valence-corrected chi connectivity index (χ1v) is 8.26. The van der Waals surface area contributed by atoms with Crippen molar-refractivity contribution in [2.24, 2.45) is 16.0 Å². The standard InChI is InChI=1S/C14H18FN3O3S/c1-9(19)6-14(16)18-22(20,21)13-5-4-11(7-12(13)15)17-8-10-2-3-10/h4-7,10,17,19H,2-3,8H2,1H3,(H2,16,18)/p+1/b9-6-. The number of amidine groups is 1. The maximum atomic E-state index is 14.0. The normalized spacial score (nSPS) is 16.6. The predicted molar refractivity (Wildman–Crippen MR) is 83.8 cm³/mol. The Kier molecular flexibility index (Phi) is 4.70. The summed E-state index contributed by atoms with van der Waals surface area (Å²) >= 11 is 0. The van der Waals surface area contributed by atoms with E-state index in [0.717, 1.165) is 24.8 Å². The van der Waals surface area contributed by atoms with Crippen molar-refractivity contribution in [3.63, 3.8) is 0 Å². The van der Waals surface area contributed by atoms with Crippen LogP contribution in [-0.4, -0.2) is 25.9 Å². The van der Waals surface area contributed by atoms with Crippen LogP contribution in [0.2, 0.25) is 0 Å². The molecule has 2 rings (SSSR count). The van der Waals surface area contributed by atoms with E-state index in [1.807, 2.05) is 0 Å². The van der Waals surface area contributed by atoms with Crippen LogP contribution in [0.4, 0.5) is 10.1 Å². The first-order valence-electron chi connectivity index (χ1n) is 6.81. The van der Waals surface area contributed by atoms with Crippen LogP contribution < -0.4 is 11.1 Å². The van der Waals surface area contributed by atoms with Gasteiger partial charge in [0.25, 0.3) is 10.0 Å². The van der Waals surface area contributed by atoms with E-state index in [1.165, 1.54) is 25.8 Å². The van der Waals surface area contributed by atoms with Crippen LogP contribution in [0.5, 0.6) is 0 Å². The lowest BCUT2D eigenvalue weighted by Crippen LogP contribution is -2.13. The monoisotopic (exact) mass is 328 g/mol. The van der Waals surface area contributed by atoms with Crippen LogP contribution in [0.25, 0.3) is 0 Å². The summed E-state index contributed by atoms with van der Waals surface area (Å²) in [7, 11) is -4.24.